The van der Waals surface area contributed by atoms with Crippen LogP contribution in [0.15, 0.2) is 18.3 Å². The van der Waals surface area contributed by atoms with Gasteiger partial charge in [0.05, 0.1) is 13.2 Å². The van der Waals surface area contributed by atoms with Gasteiger partial charge in [-0.2, -0.15) is 0 Å². The molecule has 4 nitrogen and oxygen atoms in total. The van der Waals surface area contributed by atoms with Crippen LogP contribution in [0.2, 0.25) is 0 Å². The molecule has 1 aromatic rings. The number of hydrogen-bond donors (Lipinski definition) is 1. The fourth-order valence-corrected chi connectivity index (χ4v) is 2.47. The molecule has 1 aliphatic heterocycles. The van der Waals surface area contributed by atoms with Gasteiger partial charge in [0.15, 0.2) is 0 Å². The number of rotatable bonds is 5. The fraction of sp³-hybridized carbons (Fsp3) is 0.667. The lowest BCUT2D eigenvalue weighted by Crippen LogP contribution is -2.40. The molecule has 0 spiro atoms. The predicted molar refractivity (Wildman–Crippen MR) is 75.2 cm³/mol. The highest BCUT2D eigenvalue weighted by Crippen LogP contribution is 2.21. The third-order valence-corrected chi connectivity index (χ3v) is 3.68. The first-order valence-electron chi connectivity index (χ1n) is 7.03. The first-order valence-corrected chi connectivity index (χ1v) is 7.03. The van der Waals surface area contributed by atoms with Gasteiger partial charge in [-0.25, -0.2) is 4.98 Å². The summed E-state index contributed by atoms with van der Waals surface area (Å²) in [5.41, 5.74) is 1.11. The van der Waals surface area contributed by atoms with Crippen LogP contribution in [-0.4, -0.2) is 30.8 Å². The highest BCUT2D eigenvalue weighted by Gasteiger charge is 2.24. The molecule has 2 atom stereocenters. The fourth-order valence-electron chi connectivity index (χ4n) is 2.47. The summed E-state index contributed by atoms with van der Waals surface area (Å²) in [4.78, 5) is 4.22. The zero-order chi connectivity index (χ0) is 13.7. The molecule has 2 rings (SSSR count). The van der Waals surface area contributed by atoms with Crippen molar-refractivity contribution in [1.82, 2.24) is 10.3 Å². The van der Waals surface area contributed by atoms with Crippen molar-refractivity contribution in [2.24, 2.45) is 5.92 Å². The maximum Gasteiger partial charge on any atom is 0.217 e. The molecule has 1 saturated heterocycles. The SMILES string of the molecule is COc1ncccc1CNC1CCOC(C(C)C)C1. The molecular weight excluding hydrogens is 240 g/mol. The van der Waals surface area contributed by atoms with E-state index >= 15 is 0 Å². The van der Waals surface area contributed by atoms with Gasteiger partial charge < -0.3 is 14.8 Å². The van der Waals surface area contributed by atoms with Crippen LogP contribution in [0.3, 0.4) is 0 Å². The Kier molecular flexibility index (Phi) is 5.16. The van der Waals surface area contributed by atoms with E-state index in [1.54, 1.807) is 13.3 Å². The molecule has 0 aromatic carbocycles. The van der Waals surface area contributed by atoms with Crippen molar-refractivity contribution in [2.75, 3.05) is 13.7 Å². The van der Waals surface area contributed by atoms with E-state index < -0.39 is 0 Å². The summed E-state index contributed by atoms with van der Waals surface area (Å²) in [6.45, 7) is 6.09. The number of pyridine rings is 1. The topological polar surface area (TPSA) is 43.4 Å². The molecule has 0 aliphatic carbocycles. The highest BCUT2D eigenvalue weighted by molar-refractivity contribution is 5.25. The van der Waals surface area contributed by atoms with E-state index in [0.717, 1.165) is 31.6 Å². The molecule has 19 heavy (non-hydrogen) atoms. The molecule has 1 aromatic heterocycles. The van der Waals surface area contributed by atoms with Gasteiger partial charge in [0.1, 0.15) is 0 Å². The van der Waals surface area contributed by atoms with Crippen molar-refractivity contribution in [3.63, 3.8) is 0 Å². The monoisotopic (exact) mass is 264 g/mol. The Labute approximate surface area is 115 Å². The Balaban J connectivity index is 1.88. The minimum Gasteiger partial charge on any atom is -0.481 e. The van der Waals surface area contributed by atoms with E-state index in [4.69, 9.17) is 9.47 Å². The summed E-state index contributed by atoms with van der Waals surface area (Å²) in [6.07, 6.45) is 4.29. The summed E-state index contributed by atoms with van der Waals surface area (Å²) >= 11 is 0. The van der Waals surface area contributed by atoms with E-state index in [0.29, 0.717) is 23.9 Å². The van der Waals surface area contributed by atoms with E-state index in [9.17, 15) is 0 Å². The second-order valence-corrected chi connectivity index (χ2v) is 5.43. The van der Waals surface area contributed by atoms with E-state index in [1.807, 2.05) is 6.07 Å². The number of ether oxygens (including phenoxy) is 2. The third-order valence-electron chi connectivity index (χ3n) is 3.68. The number of methoxy groups -OCH3 is 1. The van der Waals surface area contributed by atoms with Gasteiger partial charge in [-0.15, -0.1) is 0 Å². The van der Waals surface area contributed by atoms with Gasteiger partial charge in [0.25, 0.3) is 0 Å². The van der Waals surface area contributed by atoms with Crippen molar-refractivity contribution >= 4 is 0 Å². The molecule has 0 amide bonds. The molecule has 0 bridgehead atoms. The first-order chi connectivity index (χ1) is 9.20. The van der Waals surface area contributed by atoms with Crippen molar-refractivity contribution in [1.29, 1.82) is 0 Å². The first kappa shape index (κ1) is 14.3. The van der Waals surface area contributed by atoms with Gasteiger partial charge >= 0.3 is 0 Å². The quantitative estimate of drug-likeness (QED) is 0.887. The molecule has 0 saturated carbocycles. The summed E-state index contributed by atoms with van der Waals surface area (Å²) < 4.78 is 11.1. The Hall–Kier alpha value is -1.13. The number of nitrogens with one attached hydrogen (secondary N) is 1. The molecule has 2 heterocycles. The summed E-state index contributed by atoms with van der Waals surface area (Å²) in [7, 11) is 1.66. The maximum absolute atomic E-state index is 5.79. The van der Waals surface area contributed by atoms with Crippen molar-refractivity contribution in [3.05, 3.63) is 23.9 Å². The Bertz CT molecular complexity index is 395. The highest BCUT2D eigenvalue weighted by atomic mass is 16.5. The lowest BCUT2D eigenvalue weighted by molar-refractivity contribution is -0.0245. The molecule has 0 radical (unpaired) electrons. The molecule has 1 aliphatic rings. The smallest absolute Gasteiger partial charge is 0.217 e. The van der Waals surface area contributed by atoms with Crippen LogP contribution in [0.4, 0.5) is 0 Å². The molecule has 1 fully saturated rings. The number of hydrogen-bond acceptors (Lipinski definition) is 4. The second-order valence-electron chi connectivity index (χ2n) is 5.43. The van der Waals surface area contributed by atoms with Crippen molar-refractivity contribution in [2.45, 2.75) is 45.4 Å². The third kappa shape index (κ3) is 3.91. The van der Waals surface area contributed by atoms with E-state index in [-0.39, 0.29) is 0 Å². The van der Waals surface area contributed by atoms with Crippen LogP contribution in [-0.2, 0) is 11.3 Å². The predicted octanol–water partition coefficient (Wildman–Crippen LogP) is 2.38. The van der Waals surface area contributed by atoms with Crippen LogP contribution in [0, 0.1) is 5.92 Å². The summed E-state index contributed by atoms with van der Waals surface area (Å²) in [6, 6.07) is 4.52. The van der Waals surface area contributed by atoms with Crippen molar-refractivity contribution < 1.29 is 9.47 Å². The van der Waals surface area contributed by atoms with Gasteiger partial charge in [0.2, 0.25) is 5.88 Å². The Morgan fingerprint density at radius 3 is 3.11 bits per heavy atom. The van der Waals surface area contributed by atoms with Gasteiger partial charge in [-0.3, -0.25) is 0 Å². The van der Waals surface area contributed by atoms with Crippen LogP contribution < -0.4 is 10.1 Å². The number of aromatic nitrogens is 1. The van der Waals surface area contributed by atoms with Crippen LogP contribution in [0.1, 0.15) is 32.3 Å². The standard InChI is InChI=1S/C15H24N2O2/c1-11(2)14-9-13(6-8-19-14)17-10-12-5-4-7-16-15(12)18-3/h4-5,7,11,13-14,17H,6,8-10H2,1-3H3. The van der Waals surface area contributed by atoms with Gasteiger partial charge in [0, 0.05) is 31.0 Å². The average molecular weight is 264 g/mol. The molecule has 1 N–H and O–H groups in total. The normalized spacial score (nSPS) is 23.6. The summed E-state index contributed by atoms with van der Waals surface area (Å²) in [5, 5.41) is 3.60. The minimum atomic E-state index is 0.377. The molecule has 4 heteroatoms. The minimum absolute atomic E-state index is 0.377. The van der Waals surface area contributed by atoms with E-state index in [1.165, 1.54) is 0 Å². The Morgan fingerprint density at radius 1 is 1.53 bits per heavy atom. The molecular formula is C15H24N2O2. The summed E-state index contributed by atoms with van der Waals surface area (Å²) in [5.74, 6) is 1.29. The average Bonchev–Trinajstić information content (AvgIpc) is 2.45. The zero-order valence-electron chi connectivity index (χ0n) is 12.1. The maximum atomic E-state index is 5.79. The molecule has 106 valence electrons. The van der Waals surface area contributed by atoms with Gasteiger partial charge in [-0.05, 0) is 24.8 Å². The van der Waals surface area contributed by atoms with Crippen LogP contribution in [0.5, 0.6) is 5.88 Å². The molecule has 2 unspecified atom stereocenters. The van der Waals surface area contributed by atoms with Gasteiger partial charge in [-0.1, -0.05) is 19.9 Å². The van der Waals surface area contributed by atoms with Crippen LogP contribution in [0.25, 0.3) is 0 Å². The lowest BCUT2D eigenvalue weighted by atomic mass is 9.95. The zero-order valence-corrected chi connectivity index (χ0v) is 12.1. The van der Waals surface area contributed by atoms with Crippen molar-refractivity contribution in [3.8, 4) is 5.88 Å². The second kappa shape index (κ2) is 6.87. The lowest BCUT2D eigenvalue weighted by Gasteiger charge is -2.32. The largest absolute Gasteiger partial charge is 0.481 e. The number of nitrogens with zero attached hydrogens (tertiary/aromatic N) is 1. The Morgan fingerprint density at radius 2 is 2.37 bits per heavy atom. The van der Waals surface area contributed by atoms with E-state index in [2.05, 4.69) is 30.2 Å². The van der Waals surface area contributed by atoms with Crippen LogP contribution >= 0.6 is 0 Å².